The van der Waals surface area contributed by atoms with Crippen molar-refractivity contribution in [1.82, 2.24) is 9.55 Å². The van der Waals surface area contributed by atoms with Gasteiger partial charge in [0, 0.05) is 18.8 Å². The van der Waals surface area contributed by atoms with E-state index < -0.39 is 0 Å². The second-order valence-electron chi connectivity index (χ2n) is 3.40. The summed E-state index contributed by atoms with van der Waals surface area (Å²) in [6.07, 6.45) is 0. The average Bonchev–Trinajstić information content (AvgIpc) is 2.28. The molecule has 0 aromatic carbocycles. The molecule has 0 saturated heterocycles. The first-order valence-electron chi connectivity index (χ1n) is 4.40. The number of hydrogen-bond donors (Lipinski definition) is 1. The lowest BCUT2D eigenvalue weighted by Gasteiger charge is -2.11. The van der Waals surface area contributed by atoms with Crippen LogP contribution >= 0.6 is 0 Å². The Kier molecular flexibility index (Phi) is 2.93. The Balaban J connectivity index is 3.07. The molecule has 1 aromatic rings. The second-order valence-corrected chi connectivity index (χ2v) is 3.40. The van der Waals surface area contributed by atoms with E-state index in [0.29, 0.717) is 18.6 Å². The maximum absolute atomic E-state index is 5.77. The first-order chi connectivity index (χ1) is 6.07. The van der Waals surface area contributed by atoms with Gasteiger partial charge in [-0.3, -0.25) is 0 Å². The van der Waals surface area contributed by atoms with E-state index in [9.17, 15) is 0 Å². The Morgan fingerprint density at radius 3 is 2.54 bits per heavy atom. The molecule has 1 rings (SSSR count). The molecule has 0 amide bonds. The highest BCUT2D eigenvalue weighted by molar-refractivity contribution is 5.29. The number of imidazole rings is 1. The molecule has 0 unspecified atom stereocenters. The zero-order valence-corrected chi connectivity index (χ0v) is 8.66. The Morgan fingerprint density at radius 2 is 2.15 bits per heavy atom. The molecule has 4 heteroatoms. The lowest BCUT2D eigenvalue weighted by Crippen LogP contribution is -2.07. The third-order valence-corrected chi connectivity index (χ3v) is 2.07. The van der Waals surface area contributed by atoms with Gasteiger partial charge in [0.15, 0.2) is 0 Å². The molecule has 1 heterocycles. The summed E-state index contributed by atoms with van der Waals surface area (Å²) in [6.45, 7) is 6.71. The number of nitrogens with zero attached hydrogens (tertiary/aromatic N) is 2. The van der Waals surface area contributed by atoms with Crippen molar-refractivity contribution in [1.29, 1.82) is 0 Å². The van der Waals surface area contributed by atoms with Gasteiger partial charge in [0.2, 0.25) is 5.95 Å². The van der Waals surface area contributed by atoms with Crippen LogP contribution in [-0.2, 0) is 11.3 Å². The van der Waals surface area contributed by atoms with Crippen molar-refractivity contribution >= 4 is 5.95 Å². The average molecular weight is 183 g/mol. The lowest BCUT2D eigenvalue weighted by molar-refractivity contribution is 0.181. The van der Waals surface area contributed by atoms with E-state index in [1.807, 2.05) is 11.5 Å². The number of nitrogens with two attached hydrogens (primary N) is 1. The Morgan fingerprint density at radius 1 is 1.54 bits per heavy atom. The van der Waals surface area contributed by atoms with Crippen LogP contribution in [0.5, 0.6) is 0 Å². The summed E-state index contributed by atoms with van der Waals surface area (Å²) in [5, 5.41) is 0. The third kappa shape index (κ3) is 1.83. The predicted octanol–water partition coefficient (Wildman–Crippen LogP) is 1.50. The van der Waals surface area contributed by atoms with Crippen molar-refractivity contribution in [2.24, 2.45) is 0 Å². The third-order valence-electron chi connectivity index (χ3n) is 2.07. The molecule has 4 nitrogen and oxygen atoms in total. The van der Waals surface area contributed by atoms with Crippen LogP contribution in [0.1, 0.15) is 31.3 Å². The molecule has 0 fully saturated rings. The highest BCUT2D eigenvalue weighted by Gasteiger charge is 2.12. The van der Waals surface area contributed by atoms with Crippen LogP contribution in [0.15, 0.2) is 0 Å². The van der Waals surface area contributed by atoms with Crippen molar-refractivity contribution in [2.75, 3.05) is 12.8 Å². The SMILES string of the molecule is COCc1nc(N)n(C(C)C)c1C. The van der Waals surface area contributed by atoms with E-state index in [1.165, 1.54) is 0 Å². The molecule has 0 spiro atoms. The summed E-state index contributed by atoms with van der Waals surface area (Å²) in [7, 11) is 1.66. The fourth-order valence-corrected chi connectivity index (χ4v) is 1.51. The minimum atomic E-state index is 0.345. The molecule has 0 radical (unpaired) electrons. The van der Waals surface area contributed by atoms with E-state index in [4.69, 9.17) is 10.5 Å². The van der Waals surface area contributed by atoms with Crippen molar-refractivity contribution in [3.05, 3.63) is 11.4 Å². The van der Waals surface area contributed by atoms with Gasteiger partial charge in [0.05, 0.1) is 12.3 Å². The highest BCUT2D eigenvalue weighted by Crippen LogP contribution is 2.18. The molecule has 0 aliphatic rings. The van der Waals surface area contributed by atoms with E-state index in [1.54, 1.807) is 7.11 Å². The summed E-state index contributed by atoms with van der Waals surface area (Å²) in [5.41, 5.74) is 7.79. The van der Waals surface area contributed by atoms with Gasteiger partial charge >= 0.3 is 0 Å². The first kappa shape index (κ1) is 10.1. The van der Waals surface area contributed by atoms with Gasteiger partial charge < -0.3 is 15.0 Å². The van der Waals surface area contributed by atoms with Gasteiger partial charge in [-0.15, -0.1) is 0 Å². The summed E-state index contributed by atoms with van der Waals surface area (Å²) < 4.78 is 7.03. The molecule has 74 valence electrons. The van der Waals surface area contributed by atoms with Crippen LogP contribution < -0.4 is 5.73 Å². The maximum Gasteiger partial charge on any atom is 0.200 e. The van der Waals surface area contributed by atoms with Crippen molar-refractivity contribution in [3.63, 3.8) is 0 Å². The Hall–Kier alpha value is -1.03. The maximum atomic E-state index is 5.77. The smallest absolute Gasteiger partial charge is 0.200 e. The summed E-state index contributed by atoms with van der Waals surface area (Å²) in [6, 6.07) is 0.345. The van der Waals surface area contributed by atoms with Crippen LogP contribution in [-0.4, -0.2) is 16.7 Å². The fourth-order valence-electron chi connectivity index (χ4n) is 1.51. The number of methoxy groups -OCH3 is 1. The molecular formula is C9H17N3O. The van der Waals surface area contributed by atoms with E-state index in [-0.39, 0.29) is 0 Å². The van der Waals surface area contributed by atoms with E-state index in [2.05, 4.69) is 18.8 Å². The molecule has 1 aromatic heterocycles. The Labute approximate surface area is 78.7 Å². The zero-order valence-electron chi connectivity index (χ0n) is 8.66. The van der Waals surface area contributed by atoms with Gasteiger partial charge in [-0.2, -0.15) is 0 Å². The highest BCUT2D eigenvalue weighted by atomic mass is 16.5. The quantitative estimate of drug-likeness (QED) is 0.772. The van der Waals surface area contributed by atoms with Crippen LogP contribution in [0.25, 0.3) is 0 Å². The van der Waals surface area contributed by atoms with Gasteiger partial charge in [0.1, 0.15) is 0 Å². The minimum absolute atomic E-state index is 0.345. The van der Waals surface area contributed by atoms with E-state index in [0.717, 1.165) is 11.4 Å². The van der Waals surface area contributed by atoms with Crippen LogP contribution in [0, 0.1) is 6.92 Å². The number of aromatic nitrogens is 2. The summed E-state index contributed by atoms with van der Waals surface area (Å²) in [5.74, 6) is 0.569. The van der Waals surface area contributed by atoms with Crippen molar-refractivity contribution in [3.8, 4) is 0 Å². The zero-order chi connectivity index (χ0) is 10.0. The topological polar surface area (TPSA) is 53.1 Å². The van der Waals surface area contributed by atoms with Gasteiger partial charge in [-0.1, -0.05) is 0 Å². The number of rotatable bonds is 3. The van der Waals surface area contributed by atoms with E-state index >= 15 is 0 Å². The first-order valence-corrected chi connectivity index (χ1v) is 4.40. The summed E-state index contributed by atoms with van der Waals surface area (Å²) >= 11 is 0. The largest absolute Gasteiger partial charge is 0.378 e. The number of hydrogen-bond acceptors (Lipinski definition) is 3. The van der Waals surface area contributed by atoms with Crippen LogP contribution in [0.3, 0.4) is 0 Å². The lowest BCUT2D eigenvalue weighted by atomic mass is 10.3. The molecule has 0 aliphatic carbocycles. The predicted molar refractivity (Wildman–Crippen MR) is 52.5 cm³/mol. The minimum Gasteiger partial charge on any atom is -0.378 e. The van der Waals surface area contributed by atoms with Crippen LogP contribution in [0.2, 0.25) is 0 Å². The molecule has 0 aliphatic heterocycles. The molecule has 0 saturated carbocycles. The number of nitrogen functional groups attached to an aromatic ring is 1. The van der Waals surface area contributed by atoms with Crippen molar-refractivity contribution in [2.45, 2.75) is 33.4 Å². The van der Waals surface area contributed by atoms with Gasteiger partial charge in [-0.25, -0.2) is 4.98 Å². The normalized spacial score (nSPS) is 11.2. The molecular weight excluding hydrogens is 166 g/mol. The molecule has 13 heavy (non-hydrogen) atoms. The number of anilines is 1. The van der Waals surface area contributed by atoms with Crippen molar-refractivity contribution < 1.29 is 4.74 Å². The number of ether oxygens (including phenoxy) is 1. The van der Waals surface area contributed by atoms with Gasteiger partial charge in [-0.05, 0) is 20.8 Å². The monoisotopic (exact) mass is 183 g/mol. The molecule has 0 atom stereocenters. The molecule has 2 N–H and O–H groups in total. The standard InChI is InChI=1S/C9H17N3O/c1-6(2)12-7(3)8(5-13-4)11-9(12)10/h6H,5H2,1-4H3,(H2,10,11). The molecule has 0 bridgehead atoms. The Bertz CT molecular complexity index is 291. The second kappa shape index (κ2) is 3.79. The fraction of sp³-hybridized carbons (Fsp3) is 0.667. The summed E-state index contributed by atoms with van der Waals surface area (Å²) in [4.78, 5) is 4.24. The van der Waals surface area contributed by atoms with Crippen LogP contribution in [0.4, 0.5) is 5.95 Å². The van der Waals surface area contributed by atoms with Gasteiger partial charge in [0.25, 0.3) is 0 Å².